The van der Waals surface area contributed by atoms with Crippen molar-refractivity contribution in [1.82, 2.24) is 0 Å². The zero-order valence-electron chi connectivity index (χ0n) is 15.4. The standard InChI is InChI=1S/C21H24N2O3/c1-4-17-8-10-20(11-9-17)23(16(3)25)13-12-21(26)22-19-7-5-6-18(14-19)15(2)24/h5-11,14H,4,12-13H2,1-3H3,(H,22,26). The molecule has 0 saturated heterocycles. The smallest absolute Gasteiger partial charge is 0.226 e. The Morgan fingerprint density at radius 2 is 1.69 bits per heavy atom. The van der Waals surface area contributed by atoms with Gasteiger partial charge in [0.15, 0.2) is 5.78 Å². The fourth-order valence-electron chi connectivity index (χ4n) is 2.63. The molecule has 0 saturated carbocycles. The second kappa shape index (κ2) is 8.94. The van der Waals surface area contributed by atoms with E-state index < -0.39 is 0 Å². The molecule has 2 aromatic rings. The summed E-state index contributed by atoms with van der Waals surface area (Å²) in [5.41, 5.74) is 3.09. The Bertz CT molecular complexity index is 797. The lowest BCUT2D eigenvalue weighted by Gasteiger charge is -2.21. The average molecular weight is 352 g/mol. The van der Waals surface area contributed by atoms with E-state index in [0.717, 1.165) is 12.1 Å². The first-order valence-electron chi connectivity index (χ1n) is 8.68. The van der Waals surface area contributed by atoms with Crippen molar-refractivity contribution in [3.8, 4) is 0 Å². The molecule has 136 valence electrons. The number of aryl methyl sites for hydroxylation is 1. The maximum Gasteiger partial charge on any atom is 0.226 e. The highest BCUT2D eigenvalue weighted by atomic mass is 16.2. The minimum atomic E-state index is -0.206. The highest BCUT2D eigenvalue weighted by Crippen LogP contribution is 2.17. The predicted molar refractivity (Wildman–Crippen MR) is 104 cm³/mol. The van der Waals surface area contributed by atoms with Crippen molar-refractivity contribution in [2.75, 3.05) is 16.8 Å². The van der Waals surface area contributed by atoms with Gasteiger partial charge >= 0.3 is 0 Å². The monoisotopic (exact) mass is 352 g/mol. The first-order valence-corrected chi connectivity index (χ1v) is 8.68. The first kappa shape index (κ1) is 19.4. The molecule has 5 nitrogen and oxygen atoms in total. The zero-order valence-corrected chi connectivity index (χ0v) is 15.4. The van der Waals surface area contributed by atoms with Gasteiger partial charge in [-0.1, -0.05) is 31.2 Å². The molecule has 0 bridgehead atoms. The van der Waals surface area contributed by atoms with Gasteiger partial charge in [-0.25, -0.2) is 0 Å². The lowest BCUT2D eigenvalue weighted by atomic mass is 10.1. The molecular formula is C21H24N2O3. The Morgan fingerprint density at radius 3 is 2.27 bits per heavy atom. The number of hydrogen-bond donors (Lipinski definition) is 1. The number of anilines is 2. The van der Waals surface area contributed by atoms with Gasteiger partial charge in [-0.2, -0.15) is 0 Å². The summed E-state index contributed by atoms with van der Waals surface area (Å²) in [5.74, 6) is -0.373. The van der Waals surface area contributed by atoms with E-state index in [-0.39, 0.29) is 24.0 Å². The lowest BCUT2D eigenvalue weighted by Crippen LogP contribution is -2.31. The number of nitrogens with one attached hydrogen (secondary N) is 1. The molecule has 0 aliphatic rings. The molecule has 0 heterocycles. The molecule has 0 radical (unpaired) electrons. The molecule has 2 rings (SSSR count). The number of benzene rings is 2. The van der Waals surface area contributed by atoms with Crippen molar-refractivity contribution in [2.45, 2.75) is 33.6 Å². The largest absolute Gasteiger partial charge is 0.326 e. The molecule has 5 heteroatoms. The summed E-state index contributed by atoms with van der Waals surface area (Å²) in [6, 6.07) is 14.6. The van der Waals surface area contributed by atoms with Gasteiger partial charge in [0, 0.05) is 36.8 Å². The van der Waals surface area contributed by atoms with Crippen molar-refractivity contribution in [3.63, 3.8) is 0 Å². The average Bonchev–Trinajstić information content (AvgIpc) is 2.62. The van der Waals surface area contributed by atoms with Crippen molar-refractivity contribution < 1.29 is 14.4 Å². The number of hydrogen-bond acceptors (Lipinski definition) is 3. The second-order valence-electron chi connectivity index (χ2n) is 6.13. The van der Waals surface area contributed by atoms with Crippen LogP contribution in [0, 0.1) is 0 Å². The van der Waals surface area contributed by atoms with E-state index >= 15 is 0 Å². The molecular weight excluding hydrogens is 328 g/mol. The van der Waals surface area contributed by atoms with Crippen molar-refractivity contribution in [3.05, 3.63) is 59.7 Å². The first-order chi connectivity index (χ1) is 12.4. The molecule has 2 aromatic carbocycles. The quantitative estimate of drug-likeness (QED) is 0.770. The Balaban J connectivity index is 1.99. The molecule has 2 amide bonds. The predicted octanol–water partition coefficient (Wildman–Crippen LogP) is 3.83. The van der Waals surface area contributed by atoms with Gasteiger partial charge in [0.05, 0.1) is 0 Å². The summed E-state index contributed by atoms with van der Waals surface area (Å²) in [6.45, 7) is 5.33. The van der Waals surface area contributed by atoms with Crippen LogP contribution in [-0.4, -0.2) is 24.1 Å². The molecule has 0 aliphatic heterocycles. The van der Waals surface area contributed by atoms with E-state index in [9.17, 15) is 14.4 Å². The van der Waals surface area contributed by atoms with E-state index in [1.54, 1.807) is 29.2 Å². The summed E-state index contributed by atoms with van der Waals surface area (Å²) in [5, 5.41) is 2.77. The second-order valence-corrected chi connectivity index (χ2v) is 6.13. The Kier molecular flexibility index (Phi) is 6.67. The number of amides is 2. The molecule has 0 fully saturated rings. The van der Waals surface area contributed by atoms with E-state index in [0.29, 0.717) is 17.8 Å². The van der Waals surface area contributed by atoms with Crippen LogP contribution in [0.1, 0.15) is 43.1 Å². The minimum absolute atomic E-state index is 0.0561. The molecule has 0 aromatic heterocycles. The number of carbonyl (C=O) groups excluding carboxylic acids is 3. The lowest BCUT2D eigenvalue weighted by molar-refractivity contribution is -0.117. The summed E-state index contributed by atoms with van der Waals surface area (Å²) in [6.07, 6.45) is 1.10. The Labute approximate surface area is 154 Å². The van der Waals surface area contributed by atoms with Crippen LogP contribution in [0.4, 0.5) is 11.4 Å². The van der Waals surface area contributed by atoms with Gasteiger partial charge in [-0.15, -0.1) is 0 Å². The SMILES string of the molecule is CCc1ccc(N(CCC(=O)Nc2cccc(C(C)=O)c2)C(C)=O)cc1. The van der Waals surface area contributed by atoms with Crippen LogP contribution in [0.15, 0.2) is 48.5 Å². The van der Waals surface area contributed by atoms with Gasteiger partial charge in [-0.05, 0) is 43.2 Å². The number of Topliss-reactive ketones (excluding diaryl/α,β-unsaturated/α-hetero) is 1. The van der Waals surface area contributed by atoms with Gasteiger partial charge in [-0.3, -0.25) is 14.4 Å². The fraction of sp³-hybridized carbons (Fsp3) is 0.286. The summed E-state index contributed by atoms with van der Waals surface area (Å²) in [4.78, 5) is 37.2. The zero-order chi connectivity index (χ0) is 19.1. The van der Waals surface area contributed by atoms with Crippen molar-refractivity contribution in [2.24, 2.45) is 0 Å². The Hall–Kier alpha value is -2.95. The van der Waals surface area contributed by atoms with Crippen molar-refractivity contribution in [1.29, 1.82) is 0 Å². The molecule has 0 spiro atoms. The number of ketones is 1. The van der Waals surface area contributed by atoms with Crippen LogP contribution in [0.3, 0.4) is 0 Å². The molecule has 0 aliphatic carbocycles. The number of rotatable bonds is 7. The van der Waals surface area contributed by atoms with Crippen LogP contribution >= 0.6 is 0 Å². The van der Waals surface area contributed by atoms with E-state index in [1.165, 1.54) is 19.4 Å². The third kappa shape index (κ3) is 5.28. The Morgan fingerprint density at radius 1 is 1.00 bits per heavy atom. The molecule has 0 unspecified atom stereocenters. The summed E-state index contributed by atoms with van der Waals surface area (Å²) < 4.78 is 0. The minimum Gasteiger partial charge on any atom is -0.326 e. The number of nitrogens with zero attached hydrogens (tertiary/aromatic N) is 1. The molecule has 0 atom stereocenters. The summed E-state index contributed by atoms with van der Waals surface area (Å²) in [7, 11) is 0. The van der Waals surface area contributed by atoms with Gasteiger partial charge in [0.25, 0.3) is 0 Å². The van der Waals surface area contributed by atoms with Crippen LogP contribution in [0.2, 0.25) is 0 Å². The highest BCUT2D eigenvalue weighted by Gasteiger charge is 2.14. The van der Waals surface area contributed by atoms with Gasteiger partial charge < -0.3 is 10.2 Å². The van der Waals surface area contributed by atoms with E-state index in [1.807, 2.05) is 24.3 Å². The van der Waals surface area contributed by atoms with Crippen LogP contribution in [-0.2, 0) is 16.0 Å². The summed E-state index contributed by atoms with van der Waals surface area (Å²) >= 11 is 0. The third-order valence-electron chi connectivity index (χ3n) is 4.15. The van der Waals surface area contributed by atoms with E-state index in [4.69, 9.17) is 0 Å². The third-order valence-corrected chi connectivity index (χ3v) is 4.15. The van der Waals surface area contributed by atoms with Crippen LogP contribution in [0.25, 0.3) is 0 Å². The topological polar surface area (TPSA) is 66.5 Å². The molecule has 1 N–H and O–H groups in total. The van der Waals surface area contributed by atoms with Gasteiger partial charge in [0.2, 0.25) is 11.8 Å². The van der Waals surface area contributed by atoms with Crippen LogP contribution in [0.5, 0.6) is 0 Å². The van der Waals surface area contributed by atoms with Crippen LogP contribution < -0.4 is 10.2 Å². The van der Waals surface area contributed by atoms with E-state index in [2.05, 4.69) is 12.2 Å². The van der Waals surface area contributed by atoms with Crippen molar-refractivity contribution >= 4 is 29.0 Å². The highest BCUT2D eigenvalue weighted by molar-refractivity contribution is 5.97. The maximum atomic E-state index is 12.2. The molecule has 26 heavy (non-hydrogen) atoms. The fourth-order valence-corrected chi connectivity index (χ4v) is 2.63. The maximum absolute atomic E-state index is 12.2. The number of carbonyl (C=O) groups is 3. The van der Waals surface area contributed by atoms with Gasteiger partial charge in [0.1, 0.15) is 0 Å². The normalized spacial score (nSPS) is 10.3.